The SMILES string of the molecule is CCOc1ccccc1OCC(=O)NNC(=O)C1CCCC1. The number of hydrazine groups is 1. The lowest BCUT2D eigenvalue weighted by molar-refractivity contribution is -0.132. The second-order valence-electron chi connectivity index (χ2n) is 5.19. The van der Waals surface area contributed by atoms with Gasteiger partial charge in [0.15, 0.2) is 18.1 Å². The first-order chi connectivity index (χ1) is 10.7. The van der Waals surface area contributed by atoms with Crippen molar-refractivity contribution >= 4 is 11.8 Å². The van der Waals surface area contributed by atoms with Crippen LogP contribution < -0.4 is 20.3 Å². The average Bonchev–Trinajstić information content (AvgIpc) is 3.06. The first-order valence-corrected chi connectivity index (χ1v) is 7.64. The topological polar surface area (TPSA) is 76.7 Å². The minimum Gasteiger partial charge on any atom is -0.490 e. The van der Waals surface area contributed by atoms with Crippen molar-refractivity contribution in [2.45, 2.75) is 32.6 Å². The fraction of sp³-hybridized carbons (Fsp3) is 0.500. The lowest BCUT2D eigenvalue weighted by Gasteiger charge is -2.13. The van der Waals surface area contributed by atoms with Gasteiger partial charge >= 0.3 is 0 Å². The maximum Gasteiger partial charge on any atom is 0.276 e. The van der Waals surface area contributed by atoms with E-state index < -0.39 is 5.91 Å². The molecule has 2 rings (SSSR count). The number of rotatable bonds is 6. The third-order valence-corrected chi connectivity index (χ3v) is 3.56. The van der Waals surface area contributed by atoms with E-state index in [1.54, 1.807) is 18.2 Å². The van der Waals surface area contributed by atoms with E-state index >= 15 is 0 Å². The van der Waals surface area contributed by atoms with E-state index in [0.717, 1.165) is 25.7 Å². The van der Waals surface area contributed by atoms with Crippen LogP contribution in [0.15, 0.2) is 24.3 Å². The molecule has 1 fully saturated rings. The predicted molar refractivity (Wildman–Crippen MR) is 81.3 cm³/mol. The molecule has 0 spiro atoms. The number of benzene rings is 1. The Morgan fingerprint density at radius 3 is 2.36 bits per heavy atom. The summed E-state index contributed by atoms with van der Waals surface area (Å²) in [4.78, 5) is 23.5. The molecule has 2 N–H and O–H groups in total. The molecule has 0 heterocycles. The first kappa shape index (κ1) is 16.1. The number of nitrogens with one attached hydrogen (secondary N) is 2. The van der Waals surface area contributed by atoms with E-state index in [0.29, 0.717) is 18.1 Å². The monoisotopic (exact) mass is 306 g/mol. The van der Waals surface area contributed by atoms with Crippen LogP contribution in [0, 0.1) is 5.92 Å². The van der Waals surface area contributed by atoms with Gasteiger partial charge in [-0.1, -0.05) is 25.0 Å². The van der Waals surface area contributed by atoms with Gasteiger partial charge in [-0.05, 0) is 31.9 Å². The van der Waals surface area contributed by atoms with E-state index in [9.17, 15) is 9.59 Å². The van der Waals surface area contributed by atoms with Crippen LogP contribution in [-0.2, 0) is 9.59 Å². The Morgan fingerprint density at radius 2 is 1.73 bits per heavy atom. The van der Waals surface area contributed by atoms with Crippen LogP contribution in [-0.4, -0.2) is 25.0 Å². The average molecular weight is 306 g/mol. The van der Waals surface area contributed by atoms with E-state index in [4.69, 9.17) is 9.47 Å². The highest BCUT2D eigenvalue weighted by Gasteiger charge is 2.22. The van der Waals surface area contributed by atoms with Gasteiger partial charge in [0.25, 0.3) is 5.91 Å². The summed E-state index contributed by atoms with van der Waals surface area (Å²) >= 11 is 0. The molecule has 6 heteroatoms. The summed E-state index contributed by atoms with van der Waals surface area (Å²) in [7, 11) is 0. The van der Waals surface area contributed by atoms with Gasteiger partial charge in [-0.2, -0.15) is 0 Å². The summed E-state index contributed by atoms with van der Waals surface area (Å²) in [5.74, 6) is 0.576. The Hall–Kier alpha value is -2.24. The van der Waals surface area contributed by atoms with Crippen LogP contribution in [0.5, 0.6) is 11.5 Å². The molecule has 0 aromatic heterocycles. The summed E-state index contributed by atoms with van der Waals surface area (Å²) in [6.45, 7) is 2.21. The van der Waals surface area contributed by atoms with Gasteiger partial charge < -0.3 is 9.47 Å². The smallest absolute Gasteiger partial charge is 0.276 e. The molecule has 1 saturated carbocycles. The molecule has 1 aliphatic carbocycles. The Morgan fingerprint density at radius 1 is 1.09 bits per heavy atom. The number of hydrogen-bond donors (Lipinski definition) is 2. The summed E-state index contributed by atoms with van der Waals surface area (Å²) in [6.07, 6.45) is 3.92. The highest BCUT2D eigenvalue weighted by molar-refractivity contribution is 5.84. The molecule has 6 nitrogen and oxygen atoms in total. The fourth-order valence-electron chi connectivity index (χ4n) is 2.44. The summed E-state index contributed by atoms with van der Waals surface area (Å²) in [6, 6.07) is 7.14. The van der Waals surface area contributed by atoms with Crippen molar-refractivity contribution in [2.24, 2.45) is 5.92 Å². The molecule has 1 aromatic rings. The number of para-hydroxylation sites is 2. The van der Waals surface area contributed by atoms with Crippen LogP contribution in [0.3, 0.4) is 0 Å². The van der Waals surface area contributed by atoms with Crippen molar-refractivity contribution in [1.82, 2.24) is 10.9 Å². The molecule has 0 unspecified atom stereocenters. The van der Waals surface area contributed by atoms with Gasteiger partial charge in [0, 0.05) is 5.92 Å². The molecule has 0 radical (unpaired) electrons. The van der Waals surface area contributed by atoms with Gasteiger partial charge in [0.1, 0.15) is 0 Å². The zero-order chi connectivity index (χ0) is 15.8. The van der Waals surface area contributed by atoms with E-state index in [2.05, 4.69) is 10.9 Å². The third kappa shape index (κ3) is 4.65. The molecule has 120 valence electrons. The molecular formula is C16H22N2O4. The molecule has 22 heavy (non-hydrogen) atoms. The second-order valence-corrected chi connectivity index (χ2v) is 5.19. The van der Waals surface area contributed by atoms with Crippen molar-refractivity contribution in [3.63, 3.8) is 0 Å². The quantitative estimate of drug-likeness (QED) is 0.786. The highest BCUT2D eigenvalue weighted by Crippen LogP contribution is 2.26. The van der Waals surface area contributed by atoms with Gasteiger partial charge in [-0.15, -0.1) is 0 Å². The molecular weight excluding hydrogens is 284 g/mol. The molecule has 0 atom stereocenters. The number of carbonyl (C=O) groups excluding carboxylic acids is 2. The van der Waals surface area contributed by atoms with Crippen molar-refractivity contribution in [1.29, 1.82) is 0 Å². The minimum atomic E-state index is -0.405. The lowest BCUT2D eigenvalue weighted by atomic mass is 10.1. The van der Waals surface area contributed by atoms with Crippen LogP contribution in [0.4, 0.5) is 0 Å². The predicted octanol–water partition coefficient (Wildman–Crippen LogP) is 1.80. The maximum atomic E-state index is 11.8. The molecule has 1 aliphatic rings. The van der Waals surface area contributed by atoms with E-state index in [-0.39, 0.29) is 18.4 Å². The Labute approximate surface area is 130 Å². The molecule has 0 aliphatic heterocycles. The normalized spacial score (nSPS) is 14.4. The lowest BCUT2D eigenvalue weighted by Crippen LogP contribution is -2.45. The summed E-state index contributed by atoms with van der Waals surface area (Å²) in [5.41, 5.74) is 4.83. The molecule has 1 aromatic carbocycles. The van der Waals surface area contributed by atoms with Gasteiger partial charge in [-0.25, -0.2) is 0 Å². The van der Waals surface area contributed by atoms with Gasteiger partial charge in [-0.3, -0.25) is 20.4 Å². The van der Waals surface area contributed by atoms with Crippen LogP contribution in [0.2, 0.25) is 0 Å². The van der Waals surface area contributed by atoms with Crippen molar-refractivity contribution < 1.29 is 19.1 Å². The van der Waals surface area contributed by atoms with Crippen LogP contribution >= 0.6 is 0 Å². The van der Waals surface area contributed by atoms with Gasteiger partial charge in [0.05, 0.1) is 6.61 Å². The Bertz CT molecular complexity index is 513. The first-order valence-electron chi connectivity index (χ1n) is 7.64. The number of ether oxygens (including phenoxy) is 2. The third-order valence-electron chi connectivity index (χ3n) is 3.56. The van der Waals surface area contributed by atoms with Gasteiger partial charge in [0.2, 0.25) is 5.91 Å². The number of carbonyl (C=O) groups is 2. The molecule has 2 amide bonds. The summed E-state index contributed by atoms with van der Waals surface area (Å²) < 4.78 is 10.8. The second kappa shape index (κ2) is 8.26. The van der Waals surface area contributed by atoms with Crippen LogP contribution in [0.25, 0.3) is 0 Å². The standard InChI is InChI=1S/C16H22N2O4/c1-2-21-13-9-5-6-10-14(13)22-11-15(19)17-18-16(20)12-7-3-4-8-12/h5-6,9-10,12H,2-4,7-8,11H2,1H3,(H,17,19)(H,18,20). The maximum absolute atomic E-state index is 11.8. The van der Waals surface area contributed by atoms with Crippen molar-refractivity contribution in [3.8, 4) is 11.5 Å². The Balaban J connectivity index is 1.74. The highest BCUT2D eigenvalue weighted by atomic mass is 16.5. The fourth-order valence-corrected chi connectivity index (χ4v) is 2.44. The Kier molecular flexibility index (Phi) is 6.06. The minimum absolute atomic E-state index is 0.0138. The summed E-state index contributed by atoms with van der Waals surface area (Å²) in [5, 5.41) is 0. The zero-order valence-electron chi connectivity index (χ0n) is 12.8. The number of amides is 2. The molecule has 0 bridgehead atoms. The zero-order valence-corrected chi connectivity index (χ0v) is 12.8. The van der Waals surface area contributed by atoms with Crippen LogP contribution in [0.1, 0.15) is 32.6 Å². The van der Waals surface area contributed by atoms with E-state index in [1.165, 1.54) is 0 Å². The van der Waals surface area contributed by atoms with Crippen molar-refractivity contribution in [3.05, 3.63) is 24.3 Å². The van der Waals surface area contributed by atoms with E-state index in [1.807, 2.05) is 13.0 Å². The largest absolute Gasteiger partial charge is 0.490 e. The number of hydrogen-bond acceptors (Lipinski definition) is 4. The molecule has 0 saturated heterocycles. The van der Waals surface area contributed by atoms with Crippen molar-refractivity contribution in [2.75, 3.05) is 13.2 Å².